The molecule has 2 aromatic rings. The lowest BCUT2D eigenvalue weighted by atomic mass is 10.3. The molecule has 82 valence electrons. The van der Waals surface area contributed by atoms with Crippen LogP contribution in [0.15, 0.2) is 62.8 Å². The van der Waals surface area contributed by atoms with Crippen LogP contribution in [0.5, 0.6) is 5.75 Å². The zero-order chi connectivity index (χ0) is 11.4. The van der Waals surface area contributed by atoms with E-state index in [0.29, 0.717) is 0 Å². The van der Waals surface area contributed by atoms with E-state index in [-0.39, 0.29) is 0 Å². The van der Waals surface area contributed by atoms with E-state index >= 15 is 0 Å². The van der Waals surface area contributed by atoms with Gasteiger partial charge in [-0.3, -0.25) is 0 Å². The van der Waals surface area contributed by atoms with Crippen LogP contribution in [-0.4, -0.2) is 7.11 Å². The molecule has 0 unspecified atom stereocenters. The Hall–Kier alpha value is -0.930. The standard InChI is InChI=1S/C13H11BrOS/c1-15-11-5-7-12(8-6-11)16-13-4-2-3-10(14)9-13/h2-9H,1H3. The van der Waals surface area contributed by atoms with Crippen molar-refractivity contribution in [2.75, 3.05) is 7.11 Å². The summed E-state index contributed by atoms with van der Waals surface area (Å²) in [5, 5.41) is 0. The zero-order valence-corrected chi connectivity index (χ0v) is 11.2. The first-order valence-electron chi connectivity index (χ1n) is 4.85. The molecule has 0 amide bonds. The molecule has 3 heteroatoms. The van der Waals surface area contributed by atoms with Crippen molar-refractivity contribution >= 4 is 27.7 Å². The molecular weight excluding hydrogens is 284 g/mol. The Bertz CT molecular complexity index is 468. The van der Waals surface area contributed by atoms with E-state index in [9.17, 15) is 0 Å². The molecule has 0 aliphatic carbocycles. The van der Waals surface area contributed by atoms with Crippen LogP contribution in [0.1, 0.15) is 0 Å². The third-order valence-electron chi connectivity index (χ3n) is 2.09. The lowest BCUT2D eigenvalue weighted by Gasteiger charge is -2.03. The van der Waals surface area contributed by atoms with E-state index in [2.05, 4.69) is 40.2 Å². The highest BCUT2D eigenvalue weighted by Gasteiger charge is 1.98. The van der Waals surface area contributed by atoms with Gasteiger partial charge >= 0.3 is 0 Å². The van der Waals surface area contributed by atoms with E-state index in [0.717, 1.165) is 10.2 Å². The summed E-state index contributed by atoms with van der Waals surface area (Å²) in [5.74, 6) is 0.888. The maximum atomic E-state index is 5.12. The highest BCUT2D eigenvalue weighted by molar-refractivity contribution is 9.10. The van der Waals surface area contributed by atoms with Gasteiger partial charge in [0, 0.05) is 14.3 Å². The fourth-order valence-electron chi connectivity index (χ4n) is 1.31. The Labute approximate surface area is 108 Å². The first-order valence-corrected chi connectivity index (χ1v) is 6.46. The Morgan fingerprint density at radius 3 is 2.38 bits per heavy atom. The maximum absolute atomic E-state index is 5.12. The van der Waals surface area contributed by atoms with E-state index in [4.69, 9.17) is 4.74 Å². The number of hydrogen-bond donors (Lipinski definition) is 0. The number of rotatable bonds is 3. The van der Waals surface area contributed by atoms with Crippen LogP contribution in [0.25, 0.3) is 0 Å². The maximum Gasteiger partial charge on any atom is 0.118 e. The minimum Gasteiger partial charge on any atom is -0.497 e. The summed E-state index contributed by atoms with van der Waals surface area (Å²) in [6.45, 7) is 0. The molecule has 0 aliphatic heterocycles. The topological polar surface area (TPSA) is 9.23 Å². The minimum atomic E-state index is 0.888. The highest BCUT2D eigenvalue weighted by atomic mass is 79.9. The van der Waals surface area contributed by atoms with E-state index < -0.39 is 0 Å². The average Bonchev–Trinajstić information content (AvgIpc) is 2.30. The Morgan fingerprint density at radius 1 is 1.00 bits per heavy atom. The molecule has 2 rings (SSSR count). The third-order valence-corrected chi connectivity index (χ3v) is 3.58. The van der Waals surface area contributed by atoms with Gasteiger partial charge in [-0.15, -0.1) is 0 Å². The molecule has 0 radical (unpaired) electrons. The summed E-state index contributed by atoms with van der Waals surface area (Å²) in [4.78, 5) is 2.43. The number of halogens is 1. The molecule has 16 heavy (non-hydrogen) atoms. The SMILES string of the molecule is COc1ccc(Sc2cccc(Br)c2)cc1. The van der Waals surface area contributed by atoms with Crippen molar-refractivity contribution in [2.45, 2.75) is 9.79 Å². The summed E-state index contributed by atoms with van der Waals surface area (Å²) in [6, 6.07) is 16.3. The second-order valence-electron chi connectivity index (χ2n) is 3.23. The quantitative estimate of drug-likeness (QED) is 0.818. The van der Waals surface area contributed by atoms with Crippen molar-refractivity contribution in [1.29, 1.82) is 0 Å². The molecule has 0 aromatic heterocycles. The molecule has 0 saturated heterocycles. The van der Waals surface area contributed by atoms with Crippen LogP contribution in [-0.2, 0) is 0 Å². The molecule has 0 saturated carbocycles. The number of ether oxygens (including phenoxy) is 1. The van der Waals surface area contributed by atoms with Gasteiger partial charge in [-0.25, -0.2) is 0 Å². The predicted molar refractivity (Wildman–Crippen MR) is 71.3 cm³/mol. The molecule has 0 spiro atoms. The van der Waals surface area contributed by atoms with Gasteiger partial charge in [0.15, 0.2) is 0 Å². The van der Waals surface area contributed by atoms with Crippen molar-refractivity contribution in [1.82, 2.24) is 0 Å². The van der Waals surface area contributed by atoms with E-state index in [1.165, 1.54) is 9.79 Å². The van der Waals surface area contributed by atoms with Gasteiger partial charge in [0.1, 0.15) is 5.75 Å². The molecule has 0 aliphatic rings. The minimum absolute atomic E-state index is 0.888. The van der Waals surface area contributed by atoms with Gasteiger partial charge in [-0.05, 0) is 42.5 Å². The molecule has 0 fully saturated rings. The van der Waals surface area contributed by atoms with Crippen LogP contribution in [0.4, 0.5) is 0 Å². The predicted octanol–water partition coefficient (Wildman–Crippen LogP) is 4.61. The first kappa shape index (κ1) is 11.6. The van der Waals surface area contributed by atoms with Gasteiger partial charge in [-0.1, -0.05) is 33.8 Å². The van der Waals surface area contributed by atoms with Crippen LogP contribution in [0, 0.1) is 0 Å². The van der Waals surface area contributed by atoms with Crippen LogP contribution < -0.4 is 4.74 Å². The molecule has 0 atom stereocenters. The van der Waals surface area contributed by atoms with Gasteiger partial charge < -0.3 is 4.74 Å². The smallest absolute Gasteiger partial charge is 0.118 e. The average molecular weight is 295 g/mol. The lowest BCUT2D eigenvalue weighted by Crippen LogP contribution is -1.81. The molecular formula is C13H11BrOS. The normalized spacial score (nSPS) is 10.1. The highest BCUT2D eigenvalue weighted by Crippen LogP contribution is 2.30. The van der Waals surface area contributed by atoms with E-state index in [1.54, 1.807) is 18.9 Å². The molecule has 0 N–H and O–H groups in total. The fourth-order valence-corrected chi connectivity index (χ4v) is 2.74. The van der Waals surface area contributed by atoms with Crippen LogP contribution >= 0.6 is 27.7 Å². The van der Waals surface area contributed by atoms with Gasteiger partial charge in [0.25, 0.3) is 0 Å². The monoisotopic (exact) mass is 294 g/mol. The van der Waals surface area contributed by atoms with E-state index in [1.807, 2.05) is 24.3 Å². The first-order chi connectivity index (χ1) is 7.78. The van der Waals surface area contributed by atoms with Crippen LogP contribution in [0.3, 0.4) is 0 Å². The Morgan fingerprint density at radius 2 is 1.75 bits per heavy atom. The fraction of sp³-hybridized carbons (Fsp3) is 0.0769. The number of hydrogen-bond acceptors (Lipinski definition) is 2. The Balaban J connectivity index is 2.14. The van der Waals surface area contributed by atoms with Crippen molar-refractivity contribution < 1.29 is 4.74 Å². The molecule has 0 bridgehead atoms. The Kier molecular flexibility index (Phi) is 3.91. The summed E-state index contributed by atoms with van der Waals surface area (Å²) in [5.41, 5.74) is 0. The van der Waals surface area contributed by atoms with Gasteiger partial charge in [0.2, 0.25) is 0 Å². The summed E-state index contributed by atoms with van der Waals surface area (Å²) >= 11 is 5.20. The lowest BCUT2D eigenvalue weighted by molar-refractivity contribution is 0.414. The zero-order valence-electron chi connectivity index (χ0n) is 8.81. The van der Waals surface area contributed by atoms with Crippen molar-refractivity contribution in [3.05, 3.63) is 53.0 Å². The van der Waals surface area contributed by atoms with Crippen molar-refractivity contribution in [3.8, 4) is 5.75 Å². The van der Waals surface area contributed by atoms with Gasteiger partial charge in [0.05, 0.1) is 7.11 Å². The second-order valence-corrected chi connectivity index (χ2v) is 5.30. The third kappa shape index (κ3) is 3.03. The van der Waals surface area contributed by atoms with Crippen molar-refractivity contribution in [3.63, 3.8) is 0 Å². The largest absolute Gasteiger partial charge is 0.497 e. The summed E-state index contributed by atoms with van der Waals surface area (Å²) < 4.78 is 6.22. The summed E-state index contributed by atoms with van der Waals surface area (Å²) in [6.07, 6.45) is 0. The second kappa shape index (κ2) is 5.41. The van der Waals surface area contributed by atoms with Crippen molar-refractivity contribution in [2.24, 2.45) is 0 Å². The van der Waals surface area contributed by atoms with Crippen LogP contribution in [0.2, 0.25) is 0 Å². The summed E-state index contributed by atoms with van der Waals surface area (Å²) in [7, 11) is 1.68. The molecule has 1 nitrogen and oxygen atoms in total. The molecule has 2 aromatic carbocycles. The van der Waals surface area contributed by atoms with Gasteiger partial charge in [-0.2, -0.15) is 0 Å². The molecule has 0 heterocycles. The number of methoxy groups -OCH3 is 1. The number of benzene rings is 2.